The van der Waals surface area contributed by atoms with Crippen LogP contribution in [0.4, 0.5) is 5.69 Å². The maximum atomic E-state index is 12.1. The van der Waals surface area contributed by atoms with Gasteiger partial charge in [0.05, 0.1) is 18.3 Å². The van der Waals surface area contributed by atoms with Crippen molar-refractivity contribution in [2.24, 2.45) is 0 Å². The molecule has 1 aliphatic rings. The molecule has 0 radical (unpaired) electrons. The lowest BCUT2D eigenvalue weighted by Crippen LogP contribution is -2.37. The number of aliphatic hydroxyl groups is 1. The Labute approximate surface area is 135 Å². The van der Waals surface area contributed by atoms with Crippen molar-refractivity contribution in [2.45, 2.75) is 45.3 Å². The Morgan fingerprint density at radius 1 is 1.39 bits per heavy atom. The van der Waals surface area contributed by atoms with Crippen LogP contribution >= 0.6 is 0 Å². The van der Waals surface area contributed by atoms with Crippen molar-refractivity contribution in [3.05, 3.63) is 40.3 Å². The maximum absolute atomic E-state index is 12.1. The van der Waals surface area contributed by atoms with Crippen molar-refractivity contribution in [1.29, 1.82) is 0 Å². The molecule has 0 atom stereocenters. The molecule has 1 aliphatic heterocycles. The van der Waals surface area contributed by atoms with E-state index in [4.69, 9.17) is 0 Å². The predicted octanol–water partition coefficient (Wildman–Crippen LogP) is 1.42. The smallest absolute Gasteiger partial charge is 0.343 e. The number of aromatic nitrogens is 4. The van der Waals surface area contributed by atoms with Crippen molar-refractivity contribution in [3.8, 4) is 0 Å². The lowest BCUT2D eigenvalue weighted by Gasteiger charge is -2.33. The fourth-order valence-electron chi connectivity index (χ4n) is 2.98. The fourth-order valence-corrected chi connectivity index (χ4v) is 2.98. The molecule has 2 aromatic rings. The summed E-state index contributed by atoms with van der Waals surface area (Å²) in [7, 11) is 0. The third-order valence-corrected chi connectivity index (χ3v) is 4.34. The summed E-state index contributed by atoms with van der Waals surface area (Å²) >= 11 is 0. The highest BCUT2D eigenvalue weighted by Crippen LogP contribution is 2.25. The molecule has 1 fully saturated rings. The molecule has 23 heavy (non-hydrogen) atoms. The first-order chi connectivity index (χ1) is 11.1. The second kappa shape index (κ2) is 6.54. The van der Waals surface area contributed by atoms with E-state index < -0.39 is 0 Å². The summed E-state index contributed by atoms with van der Waals surface area (Å²) < 4.78 is 1.61. The van der Waals surface area contributed by atoms with E-state index >= 15 is 0 Å². The minimum absolute atomic E-state index is 0.0506. The average Bonchev–Trinajstić information content (AvgIpc) is 2.97. The van der Waals surface area contributed by atoms with Crippen LogP contribution in [0.5, 0.6) is 0 Å². The van der Waals surface area contributed by atoms with Crippen LogP contribution < -0.4 is 10.6 Å². The molecular weight excluding hydrogens is 294 g/mol. The molecule has 3 heterocycles. The Morgan fingerprint density at radius 3 is 2.74 bits per heavy atom. The number of aromatic amines is 1. The van der Waals surface area contributed by atoms with Gasteiger partial charge in [-0.1, -0.05) is 13.8 Å². The van der Waals surface area contributed by atoms with Gasteiger partial charge in [-0.05, 0) is 25.0 Å². The van der Waals surface area contributed by atoms with Crippen molar-refractivity contribution in [1.82, 2.24) is 19.7 Å². The minimum atomic E-state index is -0.112. The first-order valence-electron chi connectivity index (χ1n) is 8.08. The van der Waals surface area contributed by atoms with E-state index in [1.807, 2.05) is 26.0 Å². The summed E-state index contributed by atoms with van der Waals surface area (Å²) in [5.41, 5.74) is 1.63. The molecule has 0 unspecified atom stereocenters. The normalized spacial score (nSPS) is 16.3. The zero-order chi connectivity index (χ0) is 16.4. The highest BCUT2D eigenvalue weighted by molar-refractivity contribution is 5.46. The van der Waals surface area contributed by atoms with E-state index in [-0.39, 0.29) is 24.3 Å². The van der Waals surface area contributed by atoms with Gasteiger partial charge >= 0.3 is 5.69 Å². The number of hydrogen-bond donors (Lipinski definition) is 2. The number of hydrogen-bond acceptors (Lipinski definition) is 5. The Hall–Kier alpha value is -2.15. The zero-order valence-electron chi connectivity index (χ0n) is 13.6. The van der Waals surface area contributed by atoms with Gasteiger partial charge in [0, 0.05) is 30.9 Å². The summed E-state index contributed by atoms with van der Waals surface area (Å²) in [6.45, 7) is 5.71. The highest BCUT2D eigenvalue weighted by atomic mass is 16.3. The molecular formula is C16H23N5O2. The van der Waals surface area contributed by atoms with Gasteiger partial charge in [0.1, 0.15) is 5.82 Å². The van der Waals surface area contributed by atoms with Crippen molar-refractivity contribution < 1.29 is 5.11 Å². The molecule has 2 N–H and O–H groups in total. The summed E-state index contributed by atoms with van der Waals surface area (Å²) in [6.07, 6.45) is 3.47. The quantitative estimate of drug-likeness (QED) is 0.890. The van der Waals surface area contributed by atoms with Crippen LogP contribution in [-0.2, 0) is 6.61 Å². The van der Waals surface area contributed by atoms with E-state index in [0.29, 0.717) is 5.69 Å². The molecule has 0 aliphatic carbocycles. The summed E-state index contributed by atoms with van der Waals surface area (Å²) in [6, 6.07) is 4.01. The highest BCUT2D eigenvalue weighted by Gasteiger charge is 2.24. The topological polar surface area (TPSA) is 87.0 Å². The molecule has 0 spiro atoms. The monoisotopic (exact) mass is 317 g/mol. The Balaban J connectivity index is 1.69. The second-order valence-electron chi connectivity index (χ2n) is 6.30. The molecule has 0 amide bonds. The molecule has 0 aromatic carbocycles. The van der Waals surface area contributed by atoms with Crippen LogP contribution in [0.2, 0.25) is 0 Å². The Kier molecular flexibility index (Phi) is 4.47. The zero-order valence-corrected chi connectivity index (χ0v) is 13.6. The summed E-state index contributed by atoms with van der Waals surface area (Å²) in [4.78, 5) is 21.3. The van der Waals surface area contributed by atoms with E-state index in [0.717, 1.165) is 37.4 Å². The van der Waals surface area contributed by atoms with Crippen LogP contribution in [0.15, 0.2) is 23.1 Å². The van der Waals surface area contributed by atoms with E-state index in [9.17, 15) is 9.90 Å². The van der Waals surface area contributed by atoms with Crippen LogP contribution in [0.3, 0.4) is 0 Å². The molecule has 7 nitrogen and oxygen atoms in total. The number of nitrogens with one attached hydrogen (secondary N) is 1. The third kappa shape index (κ3) is 3.29. The maximum Gasteiger partial charge on any atom is 0.343 e. The van der Waals surface area contributed by atoms with Gasteiger partial charge in [-0.2, -0.15) is 5.10 Å². The number of nitrogens with zero attached hydrogens (tertiary/aromatic N) is 4. The van der Waals surface area contributed by atoms with Crippen LogP contribution in [-0.4, -0.2) is 37.9 Å². The van der Waals surface area contributed by atoms with Gasteiger partial charge in [-0.3, -0.25) is 9.97 Å². The second-order valence-corrected chi connectivity index (χ2v) is 6.30. The molecule has 2 aromatic heterocycles. The molecule has 7 heteroatoms. The van der Waals surface area contributed by atoms with Gasteiger partial charge in [0.2, 0.25) is 0 Å². The number of piperidine rings is 1. The number of anilines is 1. The SMILES string of the molecule is CC(C)c1nn(C2CCN(c3ccnc(CO)c3)CC2)c(=O)[nH]1. The number of H-pyrrole nitrogens is 1. The lowest BCUT2D eigenvalue weighted by atomic mass is 10.0. The van der Waals surface area contributed by atoms with Gasteiger partial charge in [0.15, 0.2) is 0 Å². The fraction of sp³-hybridized carbons (Fsp3) is 0.562. The first-order valence-corrected chi connectivity index (χ1v) is 8.08. The van der Waals surface area contributed by atoms with Gasteiger partial charge in [0.25, 0.3) is 0 Å². The Morgan fingerprint density at radius 2 is 2.13 bits per heavy atom. The molecule has 0 bridgehead atoms. The van der Waals surface area contributed by atoms with Crippen molar-refractivity contribution >= 4 is 5.69 Å². The van der Waals surface area contributed by atoms with Gasteiger partial charge < -0.3 is 10.0 Å². The standard InChI is InChI=1S/C16H23N5O2/c1-11(2)15-18-16(23)21(19-15)13-4-7-20(8-5-13)14-3-6-17-12(9-14)10-22/h3,6,9,11,13,22H,4-5,7-8,10H2,1-2H3,(H,18,19,23). The molecule has 124 valence electrons. The average molecular weight is 317 g/mol. The van der Waals surface area contributed by atoms with Gasteiger partial charge in [-0.15, -0.1) is 0 Å². The first kappa shape index (κ1) is 15.7. The summed E-state index contributed by atoms with van der Waals surface area (Å²) in [5, 5.41) is 13.6. The van der Waals surface area contributed by atoms with Crippen LogP contribution in [0.25, 0.3) is 0 Å². The minimum Gasteiger partial charge on any atom is -0.390 e. The number of rotatable bonds is 4. The van der Waals surface area contributed by atoms with E-state index in [1.54, 1.807) is 10.9 Å². The van der Waals surface area contributed by atoms with Crippen LogP contribution in [0, 0.1) is 0 Å². The number of pyridine rings is 1. The summed E-state index contributed by atoms with van der Waals surface area (Å²) in [5.74, 6) is 0.969. The molecule has 1 saturated heterocycles. The van der Waals surface area contributed by atoms with E-state index in [2.05, 4.69) is 20.0 Å². The van der Waals surface area contributed by atoms with Crippen LogP contribution in [0.1, 0.15) is 50.2 Å². The lowest BCUT2D eigenvalue weighted by molar-refractivity contribution is 0.277. The number of aliphatic hydroxyl groups excluding tert-OH is 1. The predicted molar refractivity (Wildman–Crippen MR) is 87.6 cm³/mol. The largest absolute Gasteiger partial charge is 0.390 e. The Bertz CT molecular complexity index is 713. The van der Waals surface area contributed by atoms with Gasteiger partial charge in [-0.25, -0.2) is 9.48 Å². The van der Waals surface area contributed by atoms with Crippen molar-refractivity contribution in [2.75, 3.05) is 18.0 Å². The van der Waals surface area contributed by atoms with Crippen molar-refractivity contribution in [3.63, 3.8) is 0 Å². The third-order valence-electron chi connectivity index (χ3n) is 4.34. The molecule has 0 saturated carbocycles. The molecule has 3 rings (SSSR count). The van der Waals surface area contributed by atoms with E-state index in [1.165, 1.54) is 0 Å².